The molecule has 0 N–H and O–H groups in total. The van der Waals surface area contributed by atoms with E-state index in [1.54, 1.807) is 0 Å². The van der Waals surface area contributed by atoms with Crippen molar-refractivity contribution in [2.75, 3.05) is 0 Å². The summed E-state index contributed by atoms with van der Waals surface area (Å²) in [6.07, 6.45) is 0. The summed E-state index contributed by atoms with van der Waals surface area (Å²) in [7, 11) is 0. The molecule has 162 valence electrons. The second kappa shape index (κ2) is 8.65. The standard InChI is InChI=1S/C30H19NO2S/c32-30-26(19-22-15-7-10-18-25(22)33-30)34-29-27(20-11-3-1-4-12-20)23-16-8-9-17-24(23)31-28(29)21-13-5-2-6-14-21/h1-19H. The van der Waals surface area contributed by atoms with Gasteiger partial charge in [-0.05, 0) is 23.8 Å². The third-order valence-corrected chi connectivity index (χ3v) is 6.88. The third-order valence-electron chi connectivity index (χ3n) is 5.78. The van der Waals surface area contributed by atoms with Gasteiger partial charge in [0, 0.05) is 26.8 Å². The molecule has 2 heterocycles. The fourth-order valence-corrected chi connectivity index (χ4v) is 5.32. The molecular weight excluding hydrogens is 438 g/mol. The maximum absolute atomic E-state index is 13.0. The van der Waals surface area contributed by atoms with Gasteiger partial charge in [0.2, 0.25) is 0 Å². The van der Waals surface area contributed by atoms with Crippen molar-refractivity contribution in [2.24, 2.45) is 0 Å². The Hall–Kier alpha value is -4.15. The van der Waals surface area contributed by atoms with E-state index >= 15 is 0 Å². The van der Waals surface area contributed by atoms with E-state index in [9.17, 15) is 4.79 Å². The van der Waals surface area contributed by atoms with Crippen molar-refractivity contribution in [1.29, 1.82) is 0 Å². The zero-order valence-electron chi connectivity index (χ0n) is 18.1. The summed E-state index contributed by atoms with van der Waals surface area (Å²) < 4.78 is 5.65. The average Bonchev–Trinajstić information content (AvgIpc) is 2.89. The average molecular weight is 458 g/mol. The van der Waals surface area contributed by atoms with Gasteiger partial charge in [-0.3, -0.25) is 0 Å². The van der Waals surface area contributed by atoms with Crippen LogP contribution in [0.3, 0.4) is 0 Å². The molecule has 4 aromatic carbocycles. The highest BCUT2D eigenvalue weighted by molar-refractivity contribution is 7.99. The van der Waals surface area contributed by atoms with Crippen LogP contribution in [0.25, 0.3) is 44.3 Å². The predicted molar refractivity (Wildman–Crippen MR) is 139 cm³/mol. The van der Waals surface area contributed by atoms with Gasteiger partial charge in [-0.2, -0.15) is 0 Å². The molecule has 0 saturated carbocycles. The van der Waals surface area contributed by atoms with Gasteiger partial charge in [0.25, 0.3) is 0 Å². The predicted octanol–water partition coefficient (Wildman–Crippen LogP) is 7.83. The molecule has 2 aromatic heterocycles. The monoisotopic (exact) mass is 457 g/mol. The van der Waals surface area contributed by atoms with Crippen LogP contribution in [-0.2, 0) is 0 Å². The first kappa shape index (κ1) is 20.5. The maximum Gasteiger partial charge on any atom is 0.350 e. The lowest BCUT2D eigenvalue weighted by Crippen LogP contribution is -2.03. The highest BCUT2D eigenvalue weighted by atomic mass is 32.2. The van der Waals surface area contributed by atoms with E-state index < -0.39 is 0 Å². The molecule has 34 heavy (non-hydrogen) atoms. The fraction of sp³-hybridized carbons (Fsp3) is 0. The fourth-order valence-electron chi connectivity index (χ4n) is 4.20. The number of hydrogen-bond donors (Lipinski definition) is 0. The van der Waals surface area contributed by atoms with Crippen LogP contribution in [-0.4, -0.2) is 4.98 Å². The highest BCUT2D eigenvalue weighted by Crippen LogP contribution is 2.44. The van der Waals surface area contributed by atoms with E-state index in [2.05, 4.69) is 30.3 Å². The highest BCUT2D eigenvalue weighted by Gasteiger charge is 2.20. The number of benzene rings is 4. The van der Waals surface area contributed by atoms with Crippen molar-refractivity contribution >= 4 is 33.6 Å². The number of hydrogen-bond acceptors (Lipinski definition) is 4. The summed E-state index contributed by atoms with van der Waals surface area (Å²) in [6.45, 7) is 0. The van der Waals surface area contributed by atoms with E-state index in [0.717, 1.165) is 43.6 Å². The van der Waals surface area contributed by atoms with Gasteiger partial charge in [-0.25, -0.2) is 9.78 Å². The molecule has 0 aliphatic heterocycles. The van der Waals surface area contributed by atoms with Crippen molar-refractivity contribution in [3.05, 3.63) is 126 Å². The molecule has 6 aromatic rings. The van der Waals surface area contributed by atoms with Crippen LogP contribution in [0.15, 0.2) is 134 Å². The van der Waals surface area contributed by atoms with Crippen LogP contribution in [0.1, 0.15) is 0 Å². The van der Waals surface area contributed by atoms with Crippen molar-refractivity contribution < 1.29 is 4.42 Å². The lowest BCUT2D eigenvalue weighted by Gasteiger charge is -2.17. The second-order valence-electron chi connectivity index (χ2n) is 7.95. The largest absolute Gasteiger partial charge is 0.422 e. The van der Waals surface area contributed by atoms with Gasteiger partial charge in [-0.15, -0.1) is 0 Å². The topological polar surface area (TPSA) is 43.1 Å². The van der Waals surface area contributed by atoms with Crippen LogP contribution in [0.4, 0.5) is 0 Å². The second-order valence-corrected chi connectivity index (χ2v) is 9.00. The first-order valence-corrected chi connectivity index (χ1v) is 11.8. The zero-order chi connectivity index (χ0) is 22.9. The zero-order valence-corrected chi connectivity index (χ0v) is 19.0. The lowest BCUT2D eigenvalue weighted by atomic mass is 9.98. The molecule has 0 aliphatic rings. The Morgan fingerprint density at radius 1 is 0.676 bits per heavy atom. The van der Waals surface area contributed by atoms with E-state index in [1.807, 2.05) is 84.9 Å². The number of aromatic nitrogens is 1. The van der Waals surface area contributed by atoms with Crippen molar-refractivity contribution in [3.8, 4) is 22.4 Å². The Morgan fingerprint density at radius 3 is 2.12 bits per heavy atom. The quantitative estimate of drug-likeness (QED) is 0.253. The van der Waals surface area contributed by atoms with Gasteiger partial charge < -0.3 is 4.42 Å². The molecule has 6 rings (SSSR count). The molecule has 0 fully saturated rings. The molecule has 0 bridgehead atoms. The minimum atomic E-state index is -0.352. The van der Waals surface area contributed by atoms with Gasteiger partial charge in [-0.1, -0.05) is 109 Å². The van der Waals surface area contributed by atoms with E-state index in [4.69, 9.17) is 9.40 Å². The number of fused-ring (bicyclic) bond motifs is 2. The molecule has 4 heteroatoms. The van der Waals surface area contributed by atoms with Crippen molar-refractivity contribution in [2.45, 2.75) is 9.79 Å². The van der Waals surface area contributed by atoms with Crippen LogP contribution >= 0.6 is 11.8 Å². The first-order chi connectivity index (χ1) is 16.8. The Morgan fingerprint density at radius 2 is 1.32 bits per heavy atom. The maximum atomic E-state index is 13.0. The smallest absolute Gasteiger partial charge is 0.350 e. The Bertz CT molecular complexity index is 1690. The van der Waals surface area contributed by atoms with E-state index in [1.165, 1.54) is 11.8 Å². The summed E-state index contributed by atoms with van der Waals surface area (Å²) in [5.74, 6) is 0. The minimum absolute atomic E-state index is 0.352. The number of para-hydroxylation sites is 2. The van der Waals surface area contributed by atoms with Crippen molar-refractivity contribution in [3.63, 3.8) is 0 Å². The normalized spacial score (nSPS) is 11.2. The van der Waals surface area contributed by atoms with Crippen LogP contribution < -0.4 is 5.63 Å². The molecule has 0 amide bonds. The summed E-state index contributed by atoms with van der Waals surface area (Å²) in [4.78, 5) is 19.5. The van der Waals surface area contributed by atoms with Crippen molar-refractivity contribution in [1.82, 2.24) is 4.98 Å². The Balaban J connectivity index is 1.68. The van der Waals surface area contributed by atoms with Gasteiger partial charge in [0.1, 0.15) is 5.58 Å². The SMILES string of the molecule is O=c1oc2ccccc2cc1Sc1c(-c2ccccc2)nc2ccccc2c1-c1ccccc1. The molecule has 0 unspecified atom stereocenters. The van der Waals surface area contributed by atoms with Gasteiger partial charge in [0.05, 0.1) is 16.1 Å². The molecule has 0 aliphatic carbocycles. The van der Waals surface area contributed by atoms with Gasteiger partial charge in [0.15, 0.2) is 0 Å². The van der Waals surface area contributed by atoms with E-state index in [-0.39, 0.29) is 5.63 Å². The molecule has 0 saturated heterocycles. The lowest BCUT2D eigenvalue weighted by molar-refractivity contribution is 0.544. The van der Waals surface area contributed by atoms with Gasteiger partial charge >= 0.3 is 5.63 Å². The summed E-state index contributed by atoms with van der Waals surface area (Å²) in [5.41, 5.74) is 5.12. The first-order valence-electron chi connectivity index (χ1n) is 11.0. The summed E-state index contributed by atoms with van der Waals surface area (Å²) in [5, 5.41) is 1.93. The van der Waals surface area contributed by atoms with Crippen LogP contribution in [0.2, 0.25) is 0 Å². The summed E-state index contributed by atoms with van der Waals surface area (Å²) >= 11 is 1.42. The molecule has 0 atom stereocenters. The Labute approximate surface area is 200 Å². The molecule has 0 spiro atoms. The number of rotatable bonds is 4. The minimum Gasteiger partial charge on any atom is -0.422 e. The summed E-state index contributed by atoms with van der Waals surface area (Å²) in [6, 6.07) is 38.0. The van der Waals surface area contributed by atoms with Crippen LogP contribution in [0.5, 0.6) is 0 Å². The molecule has 3 nitrogen and oxygen atoms in total. The number of nitrogens with zero attached hydrogens (tertiary/aromatic N) is 1. The Kier molecular flexibility index (Phi) is 5.21. The molecular formula is C30H19NO2S. The molecule has 0 radical (unpaired) electrons. The van der Waals surface area contributed by atoms with E-state index in [0.29, 0.717) is 10.5 Å². The number of pyridine rings is 1. The van der Waals surface area contributed by atoms with Crippen LogP contribution in [0, 0.1) is 0 Å². The third kappa shape index (κ3) is 3.68.